The van der Waals surface area contributed by atoms with Crippen LogP contribution in [-0.4, -0.2) is 21.3 Å². The fourth-order valence-corrected chi connectivity index (χ4v) is 2.19. The van der Waals surface area contributed by atoms with Crippen molar-refractivity contribution in [3.63, 3.8) is 0 Å². The molecule has 134 valence electrons. The molecule has 0 atom stereocenters. The normalized spacial score (nSPS) is 10.7. The van der Waals surface area contributed by atoms with Crippen LogP contribution in [-0.2, 0) is 0 Å². The Morgan fingerprint density at radius 3 is 2.58 bits per heavy atom. The minimum absolute atomic E-state index is 0.00597. The largest absolute Gasteiger partial charge is 0.489 e. The van der Waals surface area contributed by atoms with Crippen molar-refractivity contribution in [1.29, 1.82) is 0 Å². The standard InChI is InChI=1S/C18H17F2N5O/c1-11(2)26-16-6-4-3-5-15(16)23-18-24-17(10-21-25-18)22-14-8-7-12(19)9-13(14)20/h3-11H,1-2H3,(H2,22,23,24,25). The summed E-state index contributed by atoms with van der Waals surface area (Å²) in [6, 6.07) is 10.6. The number of ether oxygens (including phenoxy) is 1. The van der Waals surface area contributed by atoms with Gasteiger partial charge in [0.25, 0.3) is 0 Å². The number of hydrogen-bond donors (Lipinski definition) is 2. The SMILES string of the molecule is CC(C)Oc1ccccc1Nc1nncc(Nc2ccc(F)cc2F)n1. The van der Waals surface area contributed by atoms with E-state index in [1.807, 2.05) is 38.1 Å². The van der Waals surface area contributed by atoms with Gasteiger partial charge in [-0.2, -0.15) is 10.1 Å². The minimum Gasteiger partial charge on any atom is -0.489 e. The molecule has 26 heavy (non-hydrogen) atoms. The van der Waals surface area contributed by atoms with Crippen molar-refractivity contribution < 1.29 is 13.5 Å². The van der Waals surface area contributed by atoms with Gasteiger partial charge in [-0.3, -0.25) is 0 Å². The molecule has 3 rings (SSSR count). The second kappa shape index (κ2) is 7.73. The summed E-state index contributed by atoms with van der Waals surface area (Å²) >= 11 is 0. The first kappa shape index (κ1) is 17.5. The Morgan fingerprint density at radius 2 is 1.81 bits per heavy atom. The Bertz CT molecular complexity index is 904. The topological polar surface area (TPSA) is 72.0 Å². The van der Waals surface area contributed by atoms with Crippen molar-refractivity contribution >= 4 is 23.1 Å². The Balaban J connectivity index is 1.80. The molecule has 0 radical (unpaired) electrons. The molecule has 8 heteroatoms. The molecule has 6 nitrogen and oxygen atoms in total. The summed E-state index contributed by atoms with van der Waals surface area (Å²) in [5, 5.41) is 13.5. The third kappa shape index (κ3) is 4.41. The Kier molecular flexibility index (Phi) is 5.21. The van der Waals surface area contributed by atoms with Crippen molar-refractivity contribution in [3.05, 3.63) is 60.3 Å². The van der Waals surface area contributed by atoms with Crippen LogP contribution in [0.4, 0.5) is 31.9 Å². The predicted octanol–water partition coefficient (Wildman–Crippen LogP) is 4.42. The molecular formula is C18H17F2N5O. The number of aromatic nitrogens is 3. The number of hydrogen-bond acceptors (Lipinski definition) is 6. The minimum atomic E-state index is -0.728. The molecule has 0 aliphatic carbocycles. The molecule has 0 unspecified atom stereocenters. The Labute approximate surface area is 149 Å². The highest BCUT2D eigenvalue weighted by Crippen LogP contribution is 2.27. The second-order valence-electron chi connectivity index (χ2n) is 5.70. The van der Waals surface area contributed by atoms with Crippen LogP contribution in [0.3, 0.4) is 0 Å². The van der Waals surface area contributed by atoms with Crippen LogP contribution >= 0.6 is 0 Å². The summed E-state index contributed by atoms with van der Waals surface area (Å²) < 4.78 is 32.5. The van der Waals surface area contributed by atoms with Gasteiger partial charge >= 0.3 is 0 Å². The number of nitrogens with zero attached hydrogens (tertiary/aromatic N) is 3. The van der Waals surface area contributed by atoms with Crippen molar-refractivity contribution in [3.8, 4) is 5.75 Å². The number of halogens is 2. The molecular weight excluding hydrogens is 340 g/mol. The fraction of sp³-hybridized carbons (Fsp3) is 0.167. The molecule has 2 N–H and O–H groups in total. The van der Waals surface area contributed by atoms with Crippen molar-refractivity contribution in [2.24, 2.45) is 0 Å². The molecule has 0 amide bonds. The molecule has 0 spiro atoms. The highest BCUT2D eigenvalue weighted by molar-refractivity contribution is 5.63. The predicted molar refractivity (Wildman–Crippen MR) is 95.0 cm³/mol. The van der Waals surface area contributed by atoms with Crippen LogP contribution in [0, 0.1) is 11.6 Å². The van der Waals surface area contributed by atoms with E-state index in [4.69, 9.17) is 4.74 Å². The lowest BCUT2D eigenvalue weighted by Crippen LogP contribution is -2.08. The highest BCUT2D eigenvalue weighted by Gasteiger charge is 2.09. The Hall–Kier alpha value is -3.29. The first-order chi connectivity index (χ1) is 12.5. The van der Waals surface area contributed by atoms with E-state index in [0.29, 0.717) is 11.4 Å². The Morgan fingerprint density at radius 1 is 1.00 bits per heavy atom. The average molecular weight is 357 g/mol. The summed E-state index contributed by atoms with van der Waals surface area (Å²) in [6.45, 7) is 3.85. The van der Waals surface area contributed by atoms with Gasteiger partial charge in [-0.1, -0.05) is 12.1 Å². The molecule has 0 aliphatic heterocycles. The van der Waals surface area contributed by atoms with E-state index in [-0.39, 0.29) is 23.6 Å². The van der Waals surface area contributed by atoms with Crippen molar-refractivity contribution in [1.82, 2.24) is 15.2 Å². The third-order valence-electron chi connectivity index (χ3n) is 3.25. The summed E-state index contributed by atoms with van der Waals surface area (Å²) in [5.41, 5.74) is 0.759. The van der Waals surface area contributed by atoms with Gasteiger partial charge in [-0.15, -0.1) is 5.10 Å². The van der Waals surface area contributed by atoms with Gasteiger partial charge in [-0.25, -0.2) is 8.78 Å². The van der Waals surface area contributed by atoms with Crippen LogP contribution in [0.5, 0.6) is 5.75 Å². The van der Waals surface area contributed by atoms with E-state index in [0.717, 1.165) is 12.1 Å². The van der Waals surface area contributed by atoms with E-state index in [1.165, 1.54) is 12.3 Å². The molecule has 1 heterocycles. The quantitative estimate of drug-likeness (QED) is 0.680. The van der Waals surface area contributed by atoms with Gasteiger partial charge in [0.1, 0.15) is 17.4 Å². The lowest BCUT2D eigenvalue weighted by molar-refractivity contribution is 0.244. The summed E-state index contributed by atoms with van der Waals surface area (Å²) in [6.07, 6.45) is 1.34. The van der Waals surface area contributed by atoms with Gasteiger partial charge in [0.05, 0.1) is 23.7 Å². The van der Waals surface area contributed by atoms with Gasteiger partial charge in [-0.05, 0) is 38.1 Å². The maximum atomic E-state index is 13.8. The van der Waals surface area contributed by atoms with Crippen molar-refractivity contribution in [2.45, 2.75) is 20.0 Å². The van der Waals surface area contributed by atoms with E-state index in [1.54, 1.807) is 0 Å². The lowest BCUT2D eigenvalue weighted by Gasteiger charge is -2.14. The molecule has 0 saturated carbocycles. The van der Waals surface area contributed by atoms with E-state index >= 15 is 0 Å². The summed E-state index contributed by atoms with van der Waals surface area (Å²) in [5.74, 6) is -0.270. The highest BCUT2D eigenvalue weighted by atomic mass is 19.1. The summed E-state index contributed by atoms with van der Waals surface area (Å²) in [7, 11) is 0. The molecule has 0 aliphatic rings. The fourth-order valence-electron chi connectivity index (χ4n) is 2.19. The van der Waals surface area contributed by atoms with E-state index in [2.05, 4.69) is 25.8 Å². The lowest BCUT2D eigenvalue weighted by atomic mass is 10.3. The van der Waals surface area contributed by atoms with Crippen LogP contribution in [0.1, 0.15) is 13.8 Å². The van der Waals surface area contributed by atoms with Crippen LogP contribution in [0.25, 0.3) is 0 Å². The number of nitrogens with one attached hydrogen (secondary N) is 2. The third-order valence-corrected chi connectivity index (χ3v) is 3.25. The molecule has 2 aromatic carbocycles. The van der Waals surface area contributed by atoms with Gasteiger partial charge in [0.15, 0.2) is 5.82 Å². The van der Waals surface area contributed by atoms with Crippen molar-refractivity contribution in [2.75, 3.05) is 10.6 Å². The van der Waals surface area contributed by atoms with Crippen LogP contribution in [0.15, 0.2) is 48.7 Å². The molecule has 0 fully saturated rings. The zero-order chi connectivity index (χ0) is 18.5. The number of anilines is 4. The maximum Gasteiger partial charge on any atom is 0.249 e. The molecule has 0 bridgehead atoms. The number of rotatable bonds is 6. The number of para-hydroxylation sites is 2. The van der Waals surface area contributed by atoms with Crippen LogP contribution in [0.2, 0.25) is 0 Å². The number of benzene rings is 2. The summed E-state index contributed by atoms with van der Waals surface area (Å²) in [4.78, 5) is 4.24. The second-order valence-corrected chi connectivity index (χ2v) is 5.70. The smallest absolute Gasteiger partial charge is 0.249 e. The monoisotopic (exact) mass is 357 g/mol. The zero-order valence-corrected chi connectivity index (χ0v) is 14.2. The first-order valence-corrected chi connectivity index (χ1v) is 7.96. The molecule has 3 aromatic rings. The maximum absolute atomic E-state index is 13.8. The van der Waals surface area contributed by atoms with Crippen LogP contribution < -0.4 is 15.4 Å². The molecule has 0 saturated heterocycles. The van der Waals surface area contributed by atoms with E-state index < -0.39 is 11.6 Å². The zero-order valence-electron chi connectivity index (χ0n) is 14.2. The van der Waals surface area contributed by atoms with Gasteiger partial charge < -0.3 is 15.4 Å². The van der Waals surface area contributed by atoms with E-state index in [9.17, 15) is 8.78 Å². The molecule has 1 aromatic heterocycles. The first-order valence-electron chi connectivity index (χ1n) is 7.96. The average Bonchev–Trinajstić information content (AvgIpc) is 2.59. The van der Waals surface area contributed by atoms with Gasteiger partial charge in [0, 0.05) is 6.07 Å². The van der Waals surface area contributed by atoms with Gasteiger partial charge in [0.2, 0.25) is 5.95 Å².